The van der Waals surface area contributed by atoms with Crippen LogP contribution >= 0.6 is 0 Å². The lowest BCUT2D eigenvalue weighted by Gasteiger charge is -2.26. The van der Waals surface area contributed by atoms with Gasteiger partial charge in [-0.3, -0.25) is 19.1 Å². The first-order chi connectivity index (χ1) is 22.5. The van der Waals surface area contributed by atoms with Gasteiger partial charge in [-0.2, -0.15) is 9.97 Å². The zero-order valence-corrected chi connectivity index (χ0v) is 27.6. The van der Waals surface area contributed by atoms with Gasteiger partial charge in [-0.05, 0) is 75.6 Å². The van der Waals surface area contributed by atoms with Gasteiger partial charge in [-0.25, -0.2) is 8.42 Å². The quantitative estimate of drug-likeness (QED) is 0.400. The average molecular weight is 668 g/mol. The van der Waals surface area contributed by atoms with E-state index in [9.17, 15) is 22.8 Å². The van der Waals surface area contributed by atoms with Crippen LogP contribution < -0.4 is 24.2 Å². The van der Waals surface area contributed by atoms with Crippen molar-refractivity contribution in [2.75, 3.05) is 27.8 Å². The first kappa shape index (κ1) is 32.7. The van der Waals surface area contributed by atoms with Crippen molar-refractivity contribution in [3.05, 3.63) is 42.5 Å². The number of nitrogens with zero attached hydrogens (tertiary/aromatic N) is 3. The van der Waals surface area contributed by atoms with E-state index in [4.69, 9.17) is 14.2 Å². The van der Waals surface area contributed by atoms with Crippen LogP contribution in [0, 0.1) is 17.8 Å². The molecule has 13 nitrogen and oxygen atoms in total. The number of benzene rings is 1. The van der Waals surface area contributed by atoms with E-state index < -0.39 is 50.6 Å². The number of fused-ring (bicyclic) bond motifs is 2. The minimum absolute atomic E-state index is 0.0976. The summed E-state index contributed by atoms with van der Waals surface area (Å²) in [7, 11) is 0.957. The highest BCUT2D eigenvalue weighted by molar-refractivity contribution is 7.91. The number of rotatable bonds is 8. The minimum Gasteiger partial charge on any atom is -0.497 e. The lowest BCUT2D eigenvalue weighted by atomic mass is 9.93. The second-order valence-electron chi connectivity index (χ2n) is 12.9. The Bertz CT molecular complexity index is 1660. The third-order valence-electron chi connectivity index (χ3n) is 9.53. The van der Waals surface area contributed by atoms with E-state index in [2.05, 4.69) is 20.0 Å². The van der Waals surface area contributed by atoms with E-state index in [-0.39, 0.29) is 43.0 Å². The van der Waals surface area contributed by atoms with Gasteiger partial charge in [0, 0.05) is 31.1 Å². The zero-order valence-electron chi connectivity index (χ0n) is 26.8. The highest BCUT2D eigenvalue weighted by atomic mass is 32.2. The largest absolute Gasteiger partial charge is 0.497 e. The summed E-state index contributed by atoms with van der Waals surface area (Å²) in [5, 5.41) is 2.32. The summed E-state index contributed by atoms with van der Waals surface area (Å²) >= 11 is 0. The van der Waals surface area contributed by atoms with E-state index in [1.54, 1.807) is 25.1 Å². The van der Waals surface area contributed by atoms with Gasteiger partial charge < -0.3 is 24.4 Å². The molecule has 47 heavy (non-hydrogen) atoms. The Hall–Kier alpha value is -4.20. The second-order valence-corrected chi connectivity index (χ2v) is 14.8. The molecular formula is C33H41N5O8S. The lowest BCUT2D eigenvalue weighted by Crippen LogP contribution is -2.54. The maximum absolute atomic E-state index is 14.0. The number of carbonyl (C=O) groups is 3. The molecule has 1 aromatic carbocycles. The van der Waals surface area contributed by atoms with Crippen LogP contribution in [0.15, 0.2) is 42.5 Å². The number of hydrogen-bond acceptors (Lipinski definition) is 10. The van der Waals surface area contributed by atoms with Gasteiger partial charge in [0.25, 0.3) is 5.91 Å². The summed E-state index contributed by atoms with van der Waals surface area (Å²) in [6, 6.07) is 9.10. The number of ether oxygens (including phenoxy) is 3. The van der Waals surface area contributed by atoms with Gasteiger partial charge in [0.15, 0.2) is 0 Å². The van der Waals surface area contributed by atoms with Gasteiger partial charge in [0.2, 0.25) is 27.7 Å². The third-order valence-corrected chi connectivity index (χ3v) is 11.4. The number of sulfonamides is 1. The number of methoxy groups -OCH3 is 2. The van der Waals surface area contributed by atoms with E-state index in [0.29, 0.717) is 30.8 Å². The van der Waals surface area contributed by atoms with Crippen molar-refractivity contribution in [1.82, 2.24) is 24.9 Å². The van der Waals surface area contributed by atoms with Crippen molar-refractivity contribution in [2.24, 2.45) is 17.8 Å². The molecule has 3 fully saturated rings. The Morgan fingerprint density at radius 3 is 2.49 bits per heavy atom. The smallest absolute Gasteiger partial charge is 0.320 e. The van der Waals surface area contributed by atoms with Crippen LogP contribution in [0.5, 0.6) is 17.6 Å². The molecule has 3 saturated carbocycles. The zero-order chi connectivity index (χ0) is 33.3. The fraction of sp³-hybridized carbons (Fsp3) is 0.545. The summed E-state index contributed by atoms with van der Waals surface area (Å²) in [5.41, 5.74) is -0.0558. The summed E-state index contributed by atoms with van der Waals surface area (Å²) in [4.78, 5) is 51.7. The molecule has 0 unspecified atom stereocenters. The van der Waals surface area contributed by atoms with Crippen molar-refractivity contribution >= 4 is 27.7 Å². The third kappa shape index (κ3) is 7.07. The summed E-state index contributed by atoms with van der Waals surface area (Å²) in [6.45, 7) is 0.548. The molecule has 1 aliphatic heterocycles. The summed E-state index contributed by atoms with van der Waals surface area (Å²) < 4.78 is 44.5. The number of hydrogen-bond donors (Lipinski definition) is 2. The number of aromatic nitrogens is 2. The number of nitrogens with one attached hydrogen (secondary N) is 2. The van der Waals surface area contributed by atoms with Gasteiger partial charge in [0.05, 0.1) is 37.0 Å². The summed E-state index contributed by atoms with van der Waals surface area (Å²) in [5.74, 6) is -2.32. The van der Waals surface area contributed by atoms with Crippen LogP contribution in [0.1, 0.15) is 51.4 Å². The van der Waals surface area contributed by atoms with Gasteiger partial charge in [-0.15, -0.1) is 0 Å². The molecule has 252 valence electrons. The monoisotopic (exact) mass is 667 g/mol. The van der Waals surface area contributed by atoms with Crippen molar-refractivity contribution in [3.63, 3.8) is 0 Å². The van der Waals surface area contributed by atoms with Crippen LogP contribution in [0.3, 0.4) is 0 Å². The Kier molecular flexibility index (Phi) is 9.14. The minimum atomic E-state index is -3.82. The van der Waals surface area contributed by atoms with Crippen LogP contribution in [0.4, 0.5) is 0 Å². The van der Waals surface area contributed by atoms with Gasteiger partial charge >= 0.3 is 6.01 Å². The Balaban J connectivity index is 1.25. The topological polar surface area (TPSA) is 166 Å². The highest BCUT2D eigenvalue weighted by Crippen LogP contribution is 2.47. The molecule has 0 radical (unpaired) electrons. The standard InChI is InChI=1S/C33H41N5O8S/c1-38-15-7-5-4-6-8-21-19-33(21,31(41)37-47(42,43)24-13-14-24)36-29(39)25-16-23(17-26(25)30(38)40)46-28-18-27(34-32(35-28)45-3)20-9-11-22(44-2)12-10-20/h6,8-12,18,21,23-26H,4-5,7,13-17,19H2,1-3H3,(H,36,39)(H,37,41)/b8-6-/t21-,23-,25-,26-,33-/m1/s1. The molecule has 4 aliphatic rings. The molecule has 1 aromatic heterocycles. The molecule has 5 atom stereocenters. The number of amides is 3. The van der Waals surface area contributed by atoms with E-state index in [1.165, 1.54) is 7.11 Å². The second kappa shape index (κ2) is 13.1. The van der Waals surface area contributed by atoms with Crippen LogP contribution in [-0.4, -0.2) is 85.7 Å². The first-order valence-electron chi connectivity index (χ1n) is 16.1. The van der Waals surface area contributed by atoms with Crippen LogP contribution in [0.2, 0.25) is 0 Å². The molecule has 0 spiro atoms. The average Bonchev–Trinajstić information content (AvgIpc) is 3.99. The van der Waals surface area contributed by atoms with Crippen LogP contribution in [0.25, 0.3) is 11.3 Å². The first-order valence-corrected chi connectivity index (χ1v) is 17.6. The van der Waals surface area contributed by atoms with E-state index >= 15 is 0 Å². The van der Waals surface area contributed by atoms with Crippen molar-refractivity contribution in [2.45, 2.75) is 68.3 Å². The van der Waals surface area contributed by atoms with Gasteiger partial charge in [0.1, 0.15) is 17.4 Å². The fourth-order valence-electron chi connectivity index (χ4n) is 6.53. The molecule has 2 heterocycles. The fourth-order valence-corrected chi connectivity index (χ4v) is 7.89. The maximum atomic E-state index is 14.0. The van der Waals surface area contributed by atoms with Crippen molar-refractivity contribution in [1.29, 1.82) is 0 Å². The maximum Gasteiger partial charge on any atom is 0.320 e. The van der Waals surface area contributed by atoms with Gasteiger partial charge in [-0.1, -0.05) is 12.2 Å². The Labute approximate surface area is 274 Å². The molecular weight excluding hydrogens is 626 g/mol. The number of allylic oxidation sites excluding steroid dienone is 1. The normalized spacial score (nSPS) is 28.6. The Morgan fingerprint density at radius 1 is 1.04 bits per heavy atom. The van der Waals surface area contributed by atoms with Crippen molar-refractivity contribution < 1.29 is 37.0 Å². The van der Waals surface area contributed by atoms with Crippen molar-refractivity contribution in [3.8, 4) is 28.9 Å². The molecule has 2 N–H and O–H groups in total. The molecule has 0 bridgehead atoms. The predicted octanol–water partition coefficient (Wildman–Crippen LogP) is 2.62. The highest BCUT2D eigenvalue weighted by Gasteiger charge is 2.62. The molecule has 2 aromatic rings. The van der Waals surface area contributed by atoms with E-state index in [0.717, 1.165) is 24.8 Å². The Morgan fingerprint density at radius 2 is 1.79 bits per heavy atom. The van der Waals surface area contributed by atoms with E-state index in [1.807, 2.05) is 36.4 Å². The molecule has 3 aliphatic carbocycles. The van der Waals surface area contributed by atoms with Crippen LogP contribution in [-0.2, 0) is 24.4 Å². The molecule has 3 amide bonds. The molecule has 6 rings (SSSR count). The SMILES string of the molecule is COc1ccc(-c2cc(O[C@@H]3C[C@H]4C(=O)N[C@]5(C(=O)NS(=O)(=O)C6CC6)C[C@H]5/C=C\CCCCN(C)C(=O)[C@@H]4C3)nc(OC)n2)cc1. The lowest BCUT2D eigenvalue weighted by molar-refractivity contribution is -0.140. The molecule has 14 heteroatoms. The predicted molar refractivity (Wildman–Crippen MR) is 171 cm³/mol. The summed E-state index contributed by atoms with van der Waals surface area (Å²) in [6.07, 6.45) is 7.41. The molecule has 0 saturated heterocycles. The number of carbonyl (C=O) groups excluding carboxylic acids is 3.